The van der Waals surface area contributed by atoms with E-state index in [1.165, 1.54) is 25.7 Å². The minimum Gasteiger partial charge on any atom is -0.447 e. The first-order valence-corrected chi connectivity index (χ1v) is 6.87. The first-order chi connectivity index (χ1) is 8.70. The van der Waals surface area contributed by atoms with Gasteiger partial charge < -0.3 is 10.1 Å². The summed E-state index contributed by atoms with van der Waals surface area (Å²) in [7, 11) is 0. The normalized spacial score (nSPS) is 11.6. The summed E-state index contributed by atoms with van der Waals surface area (Å²) in [5.41, 5.74) is 0. The van der Waals surface area contributed by atoms with Crippen LogP contribution in [0, 0.1) is 0 Å². The zero-order valence-corrected chi connectivity index (χ0v) is 11.6. The van der Waals surface area contributed by atoms with Crippen LogP contribution in [0.25, 0.3) is 0 Å². The molecule has 0 aliphatic carbocycles. The fourth-order valence-electron chi connectivity index (χ4n) is 1.69. The maximum Gasteiger partial charge on any atom is 0.407 e. The van der Waals surface area contributed by atoms with Crippen molar-refractivity contribution in [3.63, 3.8) is 0 Å². The van der Waals surface area contributed by atoms with Gasteiger partial charge in [0.15, 0.2) is 0 Å². The van der Waals surface area contributed by atoms with E-state index in [1.807, 2.05) is 13.0 Å². The predicted molar refractivity (Wildman–Crippen MR) is 76.7 cm³/mol. The molecule has 0 rings (SSSR count). The number of carbonyl (C=O) groups is 1. The molecule has 0 aromatic heterocycles. The van der Waals surface area contributed by atoms with Crippen LogP contribution >= 0.6 is 0 Å². The van der Waals surface area contributed by atoms with E-state index < -0.39 is 0 Å². The molecule has 0 saturated heterocycles. The third-order valence-corrected chi connectivity index (χ3v) is 2.72. The zero-order chi connectivity index (χ0) is 13.6. The van der Waals surface area contributed by atoms with Crippen molar-refractivity contribution >= 4 is 6.09 Å². The maximum atomic E-state index is 11.2. The molecule has 1 amide bonds. The Balaban J connectivity index is 3.35. The molecule has 0 saturated carbocycles. The molecule has 1 unspecified atom stereocenters. The zero-order valence-electron chi connectivity index (χ0n) is 11.6. The summed E-state index contributed by atoms with van der Waals surface area (Å²) in [5.74, 6) is 0. The fraction of sp³-hybridized carbons (Fsp3) is 0.667. The molecule has 0 aliphatic heterocycles. The number of alkyl carbamates (subject to hydrolysis) is 1. The Bertz CT molecular complexity index is 239. The van der Waals surface area contributed by atoms with Gasteiger partial charge in [0.1, 0.15) is 6.10 Å². The summed E-state index contributed by atoms with van der Waals surface area (Å²) in [6, 6.07) is 0. The first kappa shape index (κ1) is 16.8. The summed E-state index contributed by atoms with van der Waals surface area (Å²) in [6.07, 6.45) is 11.4. The molecule has 3 nitrogen and oxygen atoms in total. The Morgan fingerprint density at radius 1 is 1.17 bits per heavy atom. The maximum absolute atomic E-state index is 11.2. The van der Waals surface area contributed by atoms with Gasteiger partial charge >= 0.3 is 6.09 Å². The van der Waals surface area contributed by atoms with Gasteiger partial charge in [-0.25, -0.2) is 4.79 Å². The van der Waals surface area contributed by atoms with Crippen LogP contribution in [-0.2, 0) is 4.74 Å². The van der Waals surface area contributed by atoms with Gasteiger partial charge in [0.25, 0.3) is 0 Å². The Labute approximate surface area is 111 Å². The molecule has 0 fully saturated rings. The molecule has 104 valence electrons. The van der Waals surface area contributed by atoms with Crippen LogP contribution in [0.4, 0.5) is 4.79 Å². The number of rotatable bonds is 11. The number of hydrogen-bond acceptors (Lipinski definition) is 2. The number of nitrogens with one attached hydrogen (secondary N) is 1. The van der Waals surface area contributed by atoms with Crippen molar-refractivity contribution in [3.8, 4) is 0 Å². The monoisotopic (exact) mass is 253 g/mol. The van der Waals surface area contributed by atoms with Crippen molar-refractivity contribution in [2.75, 3.05) is 6.54 Å². The molecule has 3 heteroatoms. The van der Waals surface area contributed by atoms with Crippen molar-refractivity contribution < 1.29 is 9.53 Å². The molecule has 1 atom stereocenters. The Hall–Kier alpha value is -1.25. The number of hydrogen-bond donors (Lipinski definition) is 1. The highest BCUT2D eigenvalue weighted by molar-refractivity contribution is 5.67. The number of amides is 1. The molecule has 0 radical (unpaired) electrons. The summed E-state index contributed by atoms with van der Waals surface area (Å²) >= 11 is 0. The molecular formula is C15H27NO2. The molecule has 0 aromatic carbocycles. The largest absolute Gasteiger partial charge is 0.447 e. The second-order valence-corrected chi connectivity index (χ2v) is 4.52. The van der Waals surface area contributed by atoms with Crippen molar-refractivity contribution in [1.82, 2.24) is 5.32 Å². The van der Waals surface area contributed by atoms with Gasteiger partial charge in [-0.15, -0.1) is 13.2 Å². The van der Waals surface area contributed by atoms with Crippen LogP contribution in [0.1, 0.15) is 51.9 Å². The van der Waals surface area contributed by atoms with E-state index >= 15 is 0 Å². The van der Waals surface area contributed by atoms with Crippen molar-refractivity contribution in [3.05, 3.63) is 25.3 Å². The van der Waals surface area contributed by atoms with Crippen LogP contribution in [-0.4, -0.2) is 18.7 Å². The Morgan fingerprint density at radius 3 is 2.50 bits per heavy atom. The summed E-state index contributed by atoms with van der Waals surface area (Å²) in [4.78, 5) is 11.2. The average molecular weight is 253 g/mol. The summed E-state index contributed by atoms with van der Waals surface area (Å²) in [5, 5.41) is 2.60. The molecule has 0 aliphatic rings. The van der Waals surface area contributed by atoms with E-state index in [4.69, 9.17) is 4.74 Å². The topological polar surface area (TPSA) is 38.3 Å². The van der Waals surface area contributed by atoms with Gasteiger partial charge in [-0.2, -0.15) is 0 Å². The minimum atomic E-state index is -0.353. The number of ether oxygens (including phenoxy) is 1. The van der Waals surface area contributed by atoms with Gasteiger partial charge in [0.05, 0.1) is 0 Å². The smallest absolute Gasteiger partial charge is 0.407 e. The highest BCUT2D eigenvalue weighted by Crippen LogP contribution is 2.10. The first-order valence-electron chi connectivity index (χ1n) is 6.87. The van der Waals surface area contributed by atoms with E-state index in [2.05, 4.69) is 18.5 Å². The highest BCUT2D eigenvalue weighted by Gasteiger charge is 2.07. The summed E-state index contributed by atoms with van der Waals surface area (Å²) < 4.78 is 5.19. The lowest BCUT2D eigenvalue weighted by molar-refractivity contribution is 0.101. The lowest BCUT2D eigenvalue weighted by Crippen LogP contribution is -2.27. The Kier molecular flexibility index (Phi) is 11.4. The molecular weight excluding hydrogens is 226 g/mol. The molecule has 0 bridgehead atoms. The number of carbonyl (C=O) groups excluding carboxylic acids is 1. The van der Waals surface area contributed by atoms with Gasteiger partial charge in [-0.1, -0.05) is 31.4 Å². The molecule has 0 spiro atoms. The molecule has 18 heavy (non-hydrogen) atoms. The second-order valence-electron chi connectivity index (χ2n) is 4.52. The molecule has 0 heterocycles. The van der Waals surface area contributed by atoms with Crippen LogP contribution in [0.5, 0.6) is 0 Å². The van der Waals surface area contributed by atoms with E-state index in [-0.39, 0.29) is 12.2 Å². The third kappa shape index (κ3) is 11.2. The molecule has 0 aromatic rings. The van der Waals surface area contributed by atoms with Crippen LogP contribution in [0.3, 0.4) is 0 Å². The standard InChI is InChI=1S/C15H27NO2/c1-4-6-7-8-9-10-11-12-14(3)18-15(17)16-13-5-2/h4-5,14H,1-2,6-13H2,3H3,(H,16,17). The van der Waals surface area contributed by atoms with Gasteiger partial charge in [0, 0.05) is 6.54 Å². The van der Waals surface area contributed by atoms with Gasteiger partial charge in [-0.3, -0.25) is 0 Å². The summed E-state index contributed by atoms with van der Waals surface area (Å²) in [6.45, 7) is 9.62. The Morgan fingerprint density at radius 2 is 1.83 bits per heavy atom. The fourth-order valence-corrected chi connectivity index (χ4v) is 1.69. The number of unbranched alkanes of at least 4 members (excludes halogenated alkanes) is 5. The van der Waals surface area contributed by atoms with Crippen molar-refractivity contribution in [2.45, 2.75) is 58.0 Å². The van der Waals surface area contributed by atoms with E-state index in [0.29, 0.717) is 6.54 Å². The third-order valence-electron chi connectivity index (χ3n) is 2.72. The lowest BCUT2D eigenvalue weighted by atomic mass is 10.1. The second kappa shape index (κ2) is 12.2. The predicted octanol–water partition coefficient (Wildman–Crippen LogP) is 4.20. The van der Waals surface area contributed by atoms with E-state index in [1.54, 1.807) is 6.08 Å². The lowest BCUT2D eigenvalue weighted by Gasteiger charge is -2.13. The van der Waals surface area contributed by atoms with E-state index in [9.17, 15) is 4.79 Å². The quantitative estimate of drug-likeness (QED) is 0.442. The van der Waals surface area contributed by atoms with Gasteiger partial charge in [-0.05, 0) is 32.6 Å². The number of allylic oxidation sites excluding steroid dienone is 1. The minimum absolute atomic E-state index is 0.0111. The van der Waals surface area contributed by atoms with Crippen molar-refractivity contribution in [1.29, 1.82) is 0 Å². The van der Waals surface area contributed by atoms with E-state index in [0.717, 1.165) is 19.3 Å². The average Bonchev–Trinajstić information content (AvgIpc) is 2.35. The SMILES string of the molecule is C=CCCCCCCCC(C)OC(=O)NCC=C. The highest BCUT2D eigenvalue weighted by atomic mass is 16.6. The van der Waals surface area contributed by atoms with Crippen LogP contribution < -0.4 is 5.32 Å². The van der Waals surface area contributed by atoms with Crippen molar-refractivity contribution in [2.24, 2.45) is 0 Å². The molecule has 1 N–H and O–H groups in total. The van der Waals surface area contributed by atoms with Crippen LogP contribution in [0.2, 0.25) is 0 Å². The van der Waals surface area contributed by atoms with Crippen LogP contribution in [0.15, 0.2) is 25.3 Å². The van der Waals surface area contributed by atoms with Gasteiger partial charge in [0.2, 0.25) is 0 Å².